The molecule has 0 aromatic heterocycles. The lowest BCUT2D eigenvalue weighted by atomic mass is 9.90. The summed E-state index contributed by atoms with van der Waals surface area (Å²) in [4.78, 5) is 0. The quantitative estimate of drug-likeness (QED) is 0.357. The van der Waals surface area contributed by atoms with Gasteiger partial charge in [-0.3, -0.25) is 0 Å². The highest BCUT2D eigenvalue weighted by atomic mass is 14.1. The van der Waals surface area contributed by atoms with Gasteiger partial charge in [-0.25, -0.2) is 0 Å². The molecule has 0 aliphatic carbocycles. The lowest BCUT2D eigenvalue weighted by Crippen LogP contribution is -1.92. The van der Waals surface area contributed by atoms with E-state index in [-0.39, 0.29) is 0 Å². The normalized spacial score (nSPS) is 11.1. The van der Waals surface area contributed by atoms with Crippen molar-refractivity contribution in [2.45, 2.75) is 27.7 Å². The Kier molecular flexibility index (Phi) is 4.12. The summed E-state index contributed by atoms with van der Waals surface area (Å²) < 4.78 is 0. The predicted molar refractivity (Wildman–Crippen MR) is 114 cm³/mol. The Labute approximate surface area is 156 Å². The highest BCUT2D eigenvalue weighted by Crippen LogP contribution is 2.34. The molecule has 0 aliphatic heterocycles. The number of rotatable bonds is 2. The van der Waals surface area contributed by atoms with Gasteiger partial charge in [-0.1, -0.05) is 77.9 Å². The Morgan fingerprint density at radius 2 is 0.923 bits per heavy atom. The largest absolute Gasteiger partial charge is 0.0587 e. The van der Waals surface area contributed by atoms with Crippen LogP contribution in [0.2, 0.25) is 0 Å². The van der Waals surface area contributed by atoms with E-state index >= 15 is 0 Å². The predicted octanol–water partition coefficient (Wildman–Crippen LogP) is 7.41. The van der Waals surface area contributed by atoms with Gasteiger partial charge in [-0.15, -0.1) is 0 Å². The first-order chi connectivity index (χ1) is 12.5. The smallest absolute Gasteiger partial charge is 0.0151 e. The molecule has 0 unspecified atom stereocenters. The second kappa shape index (κ2) is 6.46. The molecule has 0 atom stereocenters. The lowest BCUT2D eigenvalue weighted by Gasteiger charge is -2.15. The minimum absolute atomic E-state index is 1.29. The van der Waals surface area contributed by atoms with Crippen molar-refractivity contribution in [3.05, 3.63) is 95.1 Å². The molecule has 0 heterocycles. The Hall–Kier alpha value is -2.86. The molecule has 0 aliphatic rings. The first-order valence-corrected chi connectivity index (χ1v) is 9.21. The number of hydrogen-bond acceptors (Lipinski definition) is 0. The molecule has 0 spiro atoms. The summed E-state index contributed by atoms with van der Waals surface area (Å²) in [5.74, 6) is 0. The fraction of sp³-hybridized carbons (Fsp3) is 0.154. The average Bonchev–Trinajstić information content (AvgIpc) is 2.64. The van der Waals surface area contributed by atoms with Gasteiger partial charge in [-0.05, 0) is 77.9 Å². The third kappa shape index (κ3) is 2.93. The summed E-state index contributed by atoms with van der Waals surface area (Å²) in [6.07, 6.45) is 0. The molecule has 0 heteroatoms. The summed E-state index contributed by atoms with van der Waals surface area (Å²) in [6, 6.07) is 26.8. The molecule has 4 aromatic rings. The Balaban J connectivity index is 1.81. The van der Waals surface area contributed by atoms with Crippen molar-refractivity contribution in [2.24, 2.45) is 0 Å². The highest BCUT2D eigenvalue weighted by Gasteiger charge is 2.10. The van der Waals surface area contributed by atoms with Gasteiger partial charge in [0, 0.05) is 0 Å². The van der Waals surface area contributed by atoms with Crippen LogP contribution in [0, 0.1) is 27.7 Å². The number of aryl methyl sites for hydroxylation is 2. The van der Waals surface area contributed by atoms with Crippen LogP contribution in [-0.2, 0) is 0 Å². The molecule has 0 bridgehead atoms. The van der Waals surface area contributed by atoms with E-state index in [9.17, 15) is 0 Å². The molecule has 0 saturated heterocycles. The van der Waals surface area contributed by atoms with E-state index in [4.69, 9.17) is 0 Å². The summed E-state index contributed by atoms with van der Waals surface area (Å²) in [6.45, 7) is 8.75. The molecule has 4 aromatic carbocycles. The molecule has 0 fully saturated rings. The van der Waals surface area contributed by atoms with Crippen LogP contribution >= 0.6 is 0 Å². The van der Waals surface area contributed by atoms with Crippen LogP contribution in [0.4, 0.5) is 0 Å². The van der Waals surface area contributed by atoms with Crippen molar-refractivity contribution in [3.8, 4) is 22.3 Å². The van der Waals surface area contributed by atoms with Crippen LogP contribution in [-0.4, -0.2) is 0 Å². The van der Waals surface area contributed by atoms with Gasteiger partial charge < -0.3 is 0 Å². The van der Waals surface area contributed by atoms with Crippen molar-refractivity contribution >= 4 is 10.8 Å². The summed E-state index contributed by atoms with van der Waals surface area (Å²) in [5.41, 5.74) is 10.5. The average molecular weight is 336 g/mol. The van der Waals surface area contributed by atoms with Crippen LogP contribution in [0.25, 0.3) is 33.0 Å². The third-order valence-electron chi connectivity index (χ3n) is 5.46. The first kappa shape index (κ1) is 16.6. The topological polar surface area (TPSA) is 0 Å². The van der Waals surface area contributed by atoms with Gasteiger partial charge in [0.2, 0.25) is 0 Å². The first-order valence-electron chi connectivity index (χ1n) is 9.21. The molecule has 26 heavy (non-hydrogen) atoms. The van der Waals surface area contributed by atoms with E-state index in [1.165, 1.54) is 55.3 Å². The molecule has 4 rings (SSSR count). The van der Waals surface area contributed by atoms with Crippen molar-refractivity contribution in [1.82, 2.24) is 0 Å². The summed E-state index contributed by atoms with van der Waals surface area (Å²) in [5, 5.41) is 2.60. The van der Waals surface area contributed by atoms with Gasteiger partial charge in [0.05, 0.1) is 0 Å². The number of hydrogen-bond donors (Lipinski definition) is 0. The zero-order chi connectivity index (χ0) is 18.3. The van der Waals surface area contributed by atoms with E-state index in [1.54, 1.807) is 0 Å². The molecule has 0 radical (unpaired) electrons. The molecule has 0 nitrogen and oxygen atoms in total. The van der Waals surface area contributed by atoms with E-state index in [0.717, 1.165) is 0 Å². The maximum absolute atomic E-state index is 2.31. The zero-order valence-electron chi connectivity index (χ0n) is 15.9. The van der Waals surface area contributed by atoms with Crippen LogP contribution in [0.1, 0.15) is 22.3 Å². The SMILES string of the molecule is Cc1ccc(-c2ccc(-c3ccc4cc(C)ccc4c3)c(C)c2C)cc1. The fourth-order valence-electron chi connectivity index (χ4n) is 3.71. The standard InChI is InChI=1S/C26H24/c1-17-5-8-21(9-6-17)25-13-14-26(20(4)19(25)3)24-12-11-22-15-18(2)7-10-23(22)16-24/h5-16H,1-4H3. The van der Waals surface area contributed by atoms with Gasteiger partial charge in [0.15, 0.2) is 0 Å². The van der Waals surface area contributed by atoms with Crippen LogP contribution in [0.5, 0.6) is 0 Å². The fourth-order valence-corrected chi connectivity index (χ4v) is 3.71. The molecule has 0 saturated carbocycles. The van der Waals surface area contributed by atoms with Gasteiger partial charge >= 0.3 is 0 Å². The van der Waals surface area contributed by atoms with Gasteiger partial charge in [0.25, 0.3) is 0 Å². The lowest BCUT2D eigenvalue weighted by molar-refractivity contribution is 1.34. The van der Waals surface area contributed by atoms with Crippen molar-refractivity contribution < 1.29 is 0 Å². The Morgan fingerprint density at radius 3 is 1.62 bits per heavy atom. The van der Waals surface area contributed by atoms with Crippen LogP contribution in [0.3, 0.4) is 0 Å². The molecule has 128 valence electrons. The second-order valence-corrected chi connectivity index (χ2v) is 7.34. The Morgan fingerprint density at radius 1 is 0.423 bits per heavy atom. The van der Waals surface area contributed by atoms with Crippen molar-refractivity contribution in [1.29, 1.82) is 0 Å². The van der Waals surface area contributed by atoms with Crippen molar-refractivity contribution in [2.75, 3.05) is 0 Å². The van der Waals surface area contributed by atoms with E-state index in [2.05, 4.69) is 100 Å². The van der Waals surface area contributed by atoms with Crippen LogP contribution in [0.15, 0.2) is 72.8 Å². The summed E-state index contributed by atoms with van der Waals surface area (Å²) >= 11 is 0. The minimum Gasteiger partial charge on any atom is -0.0587 e. The maximum Gasteiger partial charge on any atom is -0.0151 e. The molecule has 0 amide bonds. The molecular weight excluding hydrogens is 312 g/mol. The van der Waals surface area contributed by atoms with E-state index < -0.39 is 0 Å². The monoisotopic (exact) mass is 336 g/mol. The van der Waals surface area contributed by atoms with Crippen molar-refractivity contribution in [3.63, 3.8) is 0 Å². The van der Waals surface area contributed by atoms with Crippen LogP contribution < -0.4 is 0 Å². The maximum atomic E-state index is 2.31. The second-order valence-electron chi connectivity index (χ2n) is 7.34. The third-order valence-corrected chi connectivity index (χ3v) is 5.46. The minimum atomic E-state index is 1.29. The number of benzene rings is 4. The Bertz CT molecular complexity index is 1100. The van der Waals surface area contributed by atoms with E-state index in [1.807, 2.05) is 0 Å². The number of fused-ring (bicyclic) bond motifs is 1. The molecule has 0 N–H and O–H groups in total. The van der Waals surface area contributed by atoms with Gasteiger partial charge in [0.1, 0.15) is 0 Å². The van der Waals surface area contributed by atoms with Gasteiger partial charge in [-0.2, -0.15) is 0 Å². The summed E-state index contributed by atoms with van der Waals surface area (Å²) in [7, 11) is 0. The highest BCUT2D eigenvalue weighted by molar-refractivity contribution is 5.89. The van der Waals surface area contributed by atoms with E-state index in [0.29, 0.717) is 0 Å². The zero-order valence-corrected chi connectivity index (χ0v) is 15.9. The molecular formula is C26H24.